The Balaban J connectivity index is 1.90. The molecule has 0 unspecified atom stereocenters. The number of sulfonamides is 1. The number of rotatable bonds is 10. The summed E-state index contributed by atoms with van der Waals surface area (Å²) < 4.78 is 38.8. The van der Waals surface area contributed by atoms with Crippen LogP contribution in [0.5, 0.6) is 11.5 Å². The van der Waals surface area contributed by atoms with Crippen molar-refractivity contribution in [3.63, 3.8) is 0 Å². The van der Waals surface area contributed by atoms with E-state index in [9.17, 15) is 13.2 Å². The molecule has 3 aromatic rings. The third kappa shape index (κ3) is 5.69. The summed E-state index contributed by atoms with van der Waals surface area (Å²) in [5, 5.41) is 2.89. The zero-order chi connectivity index (χ0) is 24.7. The number of amides is 1. The van der Waals surface area contributed by atoms with E-state index in [1.54, 1.807) is 69.7 Å². The second-order valence-corrected chi connectivity index (χ2v) is 9.60. The van der Waals surface area contributed by atoms with Gasteiger partial charge in [-0.05, 0) is 61.4 Å². The van der Waals surface area contributed by atoms with Crippen molar-refractivity contribution in [3.05, 3.63) is 83.9 Å². The predicted molar refractivity (Wildman–Crippen MR) is 133 cm³/mol. The SMILES string of the molecule is CCc1ccc(N(CC(=O)N[C@H](C)c2cc(OC)ccc2OC)S(=O)(=O)c2ccccc2)cc1. The summed E-state index contributed by atoms with van der Waals surface area (Å²) in [5.41, 5.74) is 2.21. The Morgan fingerprint density at radius 2 is 1.65 bits per heavy atom. The molecule has 1 N–H and O–H groups in total. The van der Waals surface area contributed by atoms with Crippen LogP contribution in [0.2, 0.25) is 0 Å². The third-order valence-corrected chi connectivity index (χ3v) is 7.32. The summed E-state index contributed by atoms with van der Waals surface area (Å²) >= 11 is 0. The summed E-state index contributed by atoms with van der Waals surface area (Å²) in [6, 6.07) is 20.1. The maximum Gasteiger partial charge on any atom is 0.264 e. The van der Waals surface area contributed by atoms with Gasteiger partial charge in [0, 0.05) is 5.56 Å². The van der Waals surface area contributed by atoms with Crippen LogP contribution in [0.1, 0.15) is 31.0 Å². The molecule has 3 aromatic carbocycles. The largest absolute Gasteiger partial charge is 0.497 e. The highest BCUT2D eigenvalue weighted by molar-refractivity contribution is 7.92. The molecule has 0 bridgehead atoms. The molecule has 0 spiro atoms. The van der Waals surface area contributed by atoms with Crippen LogP contribution in [0.3, 0.4) is 0 Å². The van der Waals surface area contributed by atoms with Crippen molar-refractivity contribution in [1.29, 1.82) is 0 Å². The summed E-state index contributed by atoms with van der Waals surface area (Å²) in [5.74, 6) is 0.773. The highest BCUT2D eigenvalue weighted by atomic mass is 32.2. The molecule has 0 radical (unpaired) electrons. The molecular formula is C26H30N2O5S. The number of ether oxygens (including phenoxy) is 2. The van der Waals surface area contributed by atoms with Gasteiger partial charge in [0.1, 0.15) is 18.0 Å². The molecule has 0 aromatic heterocycles. The molecular weight excluding hydrogens is 452 g/mol. The number of nitrogens with zero attached hydrogens (tertiary/aromatic N) is 1. The Morgan fingerprint density at radius 1 is 0.971 bits per heavy atom. The quantitative estimate of drug-likeness (QED) is 0.465. The van der Waals surface area contributed by atoms with Crippen LogP contribution in [0.15, 0.2) is 77.7 Å². The van der Waals surface area contributed by atoms with E-state index in [1.165, 1.54) is 12.1 Å². The fourth-order valence-corrected chi connectivity index (χ4v) is 5.05. The molecule has 1 amide bonds. The van der Waals surface area contributed by atoms with Gasteiger partial charge in [-0.2, -0.15) is 0 Å². The van der Waals surface area contributed by atoms with Gasteiger partial charge in [0.2, 0.25) is 5.91 Å². The van der Waals surface area contributed by atoms with E-state index in [0.717, 1.165) is 21.9 Å². The number of benzene rings is 3. The number of nitrogens with one attached hydrogen (secondary N) is 1. The highest BCUT2D eigenvalue weighted by Gasteiger charge is 2.28. The van der Waals surface area contributed by atoms with Crippen molar-refractivity contribution < 1.29 is 22.7 Å². The number of methoxy groups -OCH3 is 2. The lowest BCUT2D eigenvalue weighted by Gasteiger charge is -2.25. The van der Waals surface area contributed by atoms with E-state index in [4.69, 9.17) is 9.47 Å². The van der Waals surface area contributed by atoms with Gasteiger partial charge in [-0.25, -0.2) is 8.42 Å². The summed E-state index contributed by atoms with van der Waals surface area (Å²) in [6.45, 7) is 3.45. The lowest BCUT2D eigenvalue weighted by Crippen LogP contribution is -2.41. The van der Waals surface area contributed by atoms with Crippen LogP contribution >= 0.6 is 0 Å². The number of aryl methyl sites for hydroxylation is 1. The van der Waals surface area contributed by atoms with Crippen molar-refractivity contribution >= 4 is 21.6 Å². The average Bonchev–Trinajstić information content (AvgIpc) is 2.87. The molecule has 0 aliphatic heterocycles. The molecule has 8 heteroatoms. The topological polar surface area (TPSA) is 84.9 Å². The number of anilines is 1. The van der Waals surface area contributed by atoms with E-state index in [1.807, 2.05) is 19.1 Å². The van der Waals surface area contributed by atoms with Crippen molar-refractivity contribution in [3.8, 4) is 11.5 Å². The molecule has 0 aliphatic rings. The van der Waals surface area contributed by atoms with Crippen LogP contribution < -0.4 is 19.1 Å². The standard InChI is InChI=1S/C26H30N2O5S/c1-5-20-11-13-21(14-12-20)28(34(30,31)23-9-7-6-8-10-23)18-26(29)27-19(2)24-17-22(32-3)15-16-25(24)33-4/h6-17,19H,5,18H2,1-4H3,(H,27,29)/t19-/m1/s1. The number of carbonyl (C=O) groups excluding carboxylic acids is 1. The van der Waals surface area contributed by atoms with Crippen LogP contribution in [0.25, 0.3) is 0 Å². The van der Waals surface area contributed by atoms with E-state index in [2.05, 4.69) is 5.32 Å². The van der Waals surface area contributed by atoms with E-state index in [-0.39, 0.29) is 11.4 Å². The van der Waals surface area contributed by atoms with E-state index >= 15 is 0 Å². The second-order valence-electron chi connectivity index (χ2n) is 7.74. The lowest BCUT2D eigenvalue weighted by atomic mass is 10.1. The highest BCUT2D eigenvalue weighted by Crippen LogP contribution is 2.29. The average molecular weight is 483 g/mol. The first kappa shape index (κ1) is 25.1. The van der Waals surface area contributed by atoms with Crippen molar-refractivity contribution in [2.75, 3.05) is 25.1 Å². The maximum atomic E-state index is 13.5. The molecule has 0 saturated heterocycles. The number of hydrogen-bond donors (Lipinski definition) is 1. The minimum Gasteiger partial charge on any atom is -0.497 e. The van der Waals surface area contributed by atoms with Gasteiger partial charge in [0.15, 0.2) is 0 Å². The maximum absolute atomic E-state index is 13.5. The summed E-state index contributed by atoms with van der Waals surface area (Å²) in [4.78, 5) is 13.2. The molecule has 7 nitrogen and oxygen atoms in total. The first-order chi connectivity index (χ1) is 16.3. The van der Waals surface area contributed by atoms with Crippen LogP contribution in [-0.2, 0) is 21.2 Å². The fourth-order valence-electron chi connectivity index (χ4n) is 3.61. The van der Waals surface area contributed by atoms with Crippen LogP contribution in [0, 0.1) is 0 Å². The first-order valence-electron chi connectivity index (χ1n) is 11.0. The molecule has 1 atom stereocenters. The Morgan fingerprint density at radius 3 is 2.24 bits per heavy atom. The smallest absolute Gasteiger partial charge is 0.264 e. The molecule has 3 rings (SSSR count). The Bertz CT molecular complexity index is 1210. The zero-order valence-electron chi connectivity index (χ0n) is 19.8. The van der Waals surface area contributed by atoms with E-state index < -0.39 is 22.0 Å². The van der Waals surface area contributed by atoms with Crippen LogP contribution in [-0.4, -0.2) is 35.1 Å². The Hall–Kier alpha value is -3.52. The zero-order valence-corrected chi connectivity index (χ0v) is 20.6. The van der Waals surface area contributed by atoms with Crippen molar-refractivity contribution in [2.45, 2.75) is 31.2 Å². The normalized spacial score (nSPS) is 12.0. The number of hydrogen-bond acceptors (Lipinski definition) is 5. The van der Waals surface area contributed by atoms with Crippen LogP contribution in [0.4, 0.5) is 5.69 Å². The number of carbonyl (C=O) groups is 1. The van der Waals surface area contributed by atoms with Gasteiger partial charge in [0.05, 0.1) is 30.8 Å². The molecule has 0 fully saturated rings. The third-order valence-electron chi connectivity index (χ3n) is 5.53. The molecule has 34 heavy (non-hydrogen) atoms. The van der Waals surface area contributed by atoms with Gasteiger partial charge in [0.25, 0.3) is 10.0 Å². The van der Waals surface area contributed by atoms with Gasteiger partial charge in [-0.1, -0.05) is 37.3 Å². The van der Waals surface area contributed by atoms with Gasteiger partial charge < -0.3 is 14.8 Å². The van der Waals surface area contributed by atoms with E-state index in [0.29, 0.717) is 17.2 Å². The predicted octanol–water partition coefficient (Wildman–Crippen LogP) is 4.34. The van der Waals surface area contributed by atoms with Crippen molar-refractivity contribution in [2.24, 2.45) is 0 Å². The summed E-state index contributed by atoms with van der Waals surface area (Å²) in [7, 11) is -0.855. The van der Waals surface area contributed by atoms with Crippen molar-refractivity contribution in [1.82, 2.24) is 5.32 Å². The van der Waals surface area contributed by atoms with Gasteiger partial charge >= 0.3 is 0 Å². The molecule has 180 valence electrons. The second kappa shape index (κ2) is 11.1. The first-order valence-corrected chi connectivity index (χ1v) is 12.4. The Kier molecular flexibility index (Phi) is 8.17. The minimum atomic E-state index is -3.96. The molecule has 0 heterocycles. The minimum absolute atomic E-state index is 0.116. The monoisotopic (exact) mass is 482 g/mol. The fraction of sp³-hybridized carbons (Fsp3) is 0.269. The molecule has 0 aliphatic carbocycles. The van der Waals surface area contributed by atoms with Gasteiger partial charge in [-0.3, -0.25) is 9.10 Å². The lowest BCUT2D eigenvalue weighted by molar-refractivity contribution is -0.120. The van der Waals surface area contributed by atoms with Gasteiger partial charge in [-0.15, -0.1) is 0 Å². The Labute approximate surface area is 201 Å². The molecule has 0 saturated carbocycles. The summed E-state index contributed by atoms with van der Waals surface area (Å²) in [6.07, 6.45) is 0.825.